The Bertz CT molecular complexity index is 1240. The third-order valence-electron chi connectivity index (χ3n) is 6.09. The molecular weight excluding hydrogens is 450 g/mol. The van der Waals surface area contributed by atoms with Gasteiger partial charge in [-0.05, 0) is 54.4 Å². The van der Waals surface area contributed by atoms with E-state index < -0.39 is 0 Å². The van der Waals surface area contributed by atoms with Crippen LogP contribution in [0.1, 0.15) is 36.7 Å². The molecule has 7 heteroatoms. The Morgan fingerprint density at radius 2 is 1.97 bits per heavy atom. The van der Waals surface area contributed by atoms with E-state index in [1.807, 2.05) is 30.3 Å². The Morgan fingerprint density at radius 1 is 1.09 bits per heavy atom. The van der Waals surface area contributed by atoms with Crippen molar-refractivity contribution >= 4 is 22.6 Å². The number of halogens is 1. The molecule has 0 aliphatic carbocycles. The molecule has 0 bridgehead atoms. The van der Waals surface area contributed by atoms with Gasteiger partial charge in [-0.3, -0.25) is 4.90 Å². The smallest absolute Gasteiger partial charge is 0.174 e. The molecule has 1 aliphatic heterocycles. The molecular formula is C27H30ClN3O3. The highest BCUT2D eigenvalue weighted by Gasteiger charge is 2.15. The number of aromatic nitrogens is 2. The first kappa shape index (κ1) is 23.0. The molecule has 1 saturated heterocycles. The van der Waals surface area contributed by atoms with Crippen molar-refractivity contribution in [3.63, 3.8) is 0 Å². The number of rotatable bonds is 9. The van der Waals surface area contributed by atoms with Gasteiger partial charge >= 0.3 is 0 Å². The van der Waals surface area contributed by atoms with Crippen molar-refractivity contribution in [1.29, 1.82) is 0 Å². The van der Waals surface area contributed by atoms with E-state index in [4.69, 9.17) is 30.5 Å². The summed E-state index contributed by atoms with van der Waals surface area (Å²) in [4.78, 5) is 10.6. The second kappa shape index (κ2) is 10.6. The summed E-state index contributed by atoms with van der Waals surface area (Å²) in [6, 6.07) is 16.1. The van der Waals surface area contributed by atoms with E-state index in [1.165, 1.54) is 5.56 Å². The van der Waals surface area contributed by atoms with Crippen LogP contribution in [0.3, 0.4) is 0 Å². The second-order valence-corrected chi connectivity index (χ2v) is 9.16. The number of nitrogens with zero attached hydrogens (tertiary/aromatic N) is 2. The summed E-state index contributed by atoms with van der Waals surface area (Å²) in [5, 5.41) is 0.690. The van der Waals surface area contributed by atoms with Crippen molar-refractivity contribution in [2.24, 2.45) is 0 Å². The lowest BCUT2D eigenvalue weighted by molar-refractivity contribution is 0.0342. The molecule has 0 unspecified atom stereocenters. The summed E-state index contributed by atoms with van der Waals surface area (Å²) in [6.07, 6.45) is 2.72. The molecule has 2 aromatic heterocycles. The minimum absolute atomic E-state index is 0.603. The highest BCUT2D eigenvalue weighted by molar-refractivity contribution is 6.30. The lowest BCUT2D eigenvalue weighted by Gasteiger charge is -2.26. The van der Waals surface area contributed by atoms with Crippen molar-refractivity contribution in [3.8, 4) is 17.3 Å². The summed E-state index contributed by atoms with van der Waals surface area (Å²) < 4.78 is 17.6. The van der Waals surface area contributed by atoms with E-state index in [0.717, 1.165) is 85.4 Å². The topological polar surface area (TPSA) is 63.5 Å². The van der Waals surface area contributed by atoms with Gasteiger partial charge in [0.05, 0.1) is 30.9 Å². The minimum atomic E-state index is 0.603. The van der Waals surface area contributed by atoms with Crippen LogP contribution in [0.2, 0.25) is 5.02 Å². The highest BCUT2D eigenvalue weighted by Crippen LogP contribution is 2.29. The number of H-pyrrole nitrogens is 1. The number of furan rings is 1. The predicted molar refractivity (Wildman–Crippen MR) is 135 cm³/mol. The third kappa shape index (κ3) is 5.46. The van der Waals surface area contributed by atoms with Crippen LogP contribution < -0.4 is 4.74 Å². The van der Waals surface area contributed by atoms with Gasteiger partial charge in [0, 0.05) is 36.6 Å². The minimum Gasteiger partial charge on any atom is -0.493 e. The molecule has 5 rings (SSSR count). The van der Waals surface area contributed by atoms with E-state index in [0.29, 0.717) is 18.1 Å². The Balaban J connectivity index is 1.31. The highest BCUT2D eigenvalue weighted by atomic mass is 35.5. The number of morpholine rings is 1. The number of hydrogen-bond donors (Lipinski definition) is 1. The number of benzene rings is 2. The SMILES string of the molecule is CCCCOc1ccc(Cl)cc1Cc1ccc(-c2nc3ccc(CN4CCOCC4)cc3[nH]2)o1. The van der Waals surface area contributed by atoms with Gasteiger partial charge in [-0.2, -0.15) is 0 Å². The maximum absolute atomic E-state index is 6.25. The molecule has 1 fully saturated rings. The maximum atomic E-state index is 6.25. The van der Waals surface area contributed by atoms with Gasteiger partial charge in [-0.15, -0.1) is 0 Å². The summed E-state index contributed by atoms with van der Waals surface area (Å²) in [5.74, 6) is 3.14. The summed E-state index contributed by atoms with van der Waals surface area (Å²) in [6.45, 7) is 7.32. The van der Waals surface area contributed by atoms with Gasteiger partial charge in [0.15, 0.2) is 11.6 Å². The number of aromatic amines is 1. The third-order valence-corrected chi connectivity index (χ3v) is 6.33. The lowest BCUT2D eigenvalue weighted by Crippen LogP contribution is -2.35. The number of hydrogen-bond acceptors (Lipinski definition) is 5. The van der Waals surface area contributed by atoms with Crippen molar-refractivity contribution in [3.05, 3.63) is 70.4 Å². The average molecular weight is 480 g/mol. The van der Waals surface area contributed by atoms with Gasteiger partial charge in [0.1, 0.15) is 11.5 Å². The molecule has 0 radical (unpaired) electrons. The molecule has 0 saturated carbocycles. The van der Waals surface area contributed by atoms with Crippen LogP contribution in [-0.2, 0) is 17.7 Å². The fourth-order valence-electron chi connectivity index (χ4n) is 4.23. The van der Waals surface area contributed by atoms with Gasteiger partial charge < -0.3 is 18.9 Å². The fourth-order valence-corrected chi connectivity index (χ4v) is 4.43. The van der Waals surface area contributed by atoms with Crippen LogP contribution in [0.4, 0.5) is 0 Å². The molecule has 0 amide bonds. The molecule has 2 aromatic carbocycles. The van der Waals surface area contributed by atoms with E-state index in [-0.39, 0.29) is 0 Å². The van der Waals surface area contributed by atoms with Gasteiger partial charge in [0.2, 0.25) is 0 Å². The Labute approximate surface area is 204 Å². The Morgan fingerprint density at radius 3 is 2.82 bits per heavy atom. The fraction of sp³-hybridized carbons (Fsp3) is 0.370. The number of imidazole rings is 1. The molecule has 178 valence electrons. The summed E-state index contributed by atoms with van der Waals surface area (Å²) >= 11 is 6.25. The van der Waals surface area contributed by atoms with Crippen LogP contribution in [0, 0.1) is 0 Å². The maximum Gasteiger partial charge on any atom is 0.174 e. The van der Waals surface area contributed by atoms with Gasteiger partial charge in [0.25, 0.3) is 0 Å². The lowest BCUT2D eigenvalue weighted by atomic mass is 10.1. The zero-order valence-electron chi connectivity index (χ0n) is 19.5. The molecule has 3 heterocycles. The zero-order valence-corrected chi connectivity index (χ0v) is 20.2. The molecule has 6 nitrogen and oxygen atoms in total. The van der Waals surface area contributed by atoms with Gasteiger partial charge in [-0.1, -0.05) is 31.0 Å². The summed E-state index contributed by atoms with van der Waals surface area (Å²) in [7, 11) is 0. The van der Waals surface area contributed by atoms with E-state index in [9.17, 15) is 0 Å². The second-order valence-electron chi connectivity index (χ2n) is 8.72. The van der Waals surface area contributed by atoms with Crippen molar-refractivity contribution < 1.29 is 13.9 Å². The molecule has 1 aliphatic rings. The zero-order chi connectivity index (χ0) is 23.3. The van der Waals surface area contributed by atoms with E-state index >= 15 is 0 Å². The van der Waals surface area contributed by atoms with E-state index in [1.54, 1.807) is 0 Å². The number of fused-ring (bicyclic) bond motifs is 1. The van der Waals surface area contributed by atoms with Crippen molar-refractivity contribution in [2.45, 2.75) is 32.7 Å². The molecule has 0 atom stereocenters. The van der Waals surface area contributed by atoms with Crippen LogP contribution in [0.5, 0.6) is 5.75 Å². The number of nitrogens with one attached hydrogen (secondary N) is 1. The molecule has 0 spiro atoms. The average Bonchev–Trinajstić information content (AvgIpc) is 3.48. The largest absolute Gasteiger partial charge is 0.493 e. The van der Waals surface area contributed by atoms with Gasteiger partial charge in [-0.25, -0.2) is 4.98 Å². The molecule has 1 N–H and O–H groups in total. The quantitative estimate of drug-likeness (QED) is 0.295. The van der Waals surface area contributed by atoms with Crippen molar-refractivity contribution in [1.82, 2.24) is 14.9 Å². The van der Waals surface area contributed by atoms with Crippen LogP contribution >= 0.6 is 11.6 Å². The summed E-state index contributed by atoms with van der Waals surface area (Å²) in [5.41, 5.74) is 4.23. The first-order chi connectivity index (χ1) is 16.7. The monoisotopic (exact) mass is 479 g/mol. The normalized spacial score (nSPS) is 14.6. The van der Waals surface area contributed by atoms with E-state index in [2.05, 4.69) is 35.0 Å². The predicted octanol–water partition coefficient (Wildman–Crippen LogP) is 6.08. The first-order valence-corrected chi connectivity index (χ1v) is 12.3. The van der Waals surface area contributed by atoms with Crippen LogP contribution in [0.25, 0.3) is 22.6 Å². The van der Waals surface area contributed by atoms with Crippen molar-refractivity contribution in [2.75, 3.05) is 32.9 Å². The van der Waals surface area contributed by atoms with Crippen LogP contribution in [-0.4, -0.2) is 47.8 Å². The molecule has 4 aromatic rings. The molecule has 34 heavy (non-hydrogen) atoms. The number of unbranched alkanes of at least 4 members (excludes halogenated alkanes) is 1. The first-order valence-electron chi connectivity index (χ1n) is 12.0. The Hall–Kier alpha value is -2.80. The standard InChI is InChI=1S/C27H30ClN3O3/c1-2-3-12-33-25-8-5-21(28)16-20(25)17-22-6-9-26(34-22)27-29-23-7-4-19(15-24(23)30-27)18-31-10-13-32-14-11-31/h4-9,15-16H,2-3,10-14,17-18H2,1H3,(H,29,30). The Kier molecular flexibility index (Phi) is 7.19. The van der Waals surface area contributed by atoms with Crippen LogP contribution in [0.15, 0.2) is 52.9 Å². The number of ether oxygens (including phenoxy) is 2.